The Balaban J connectivity index is 1.58. The molecule has 0 spiro atoms. The number of nitrogens with zero attached hydrogens (tertiary/aromatic N) is 5. The lowest BCUT2D eigenvalue weighted by atomic mass is 9.92. The summed E-state index contributed by atoms with van der Waals surface area (Å²) in [5, 5.41) is 14.9. The van der Waals surface area contributed by atoms with Gasteiger partial charge in [-0.05, 0) is 38.5 Å². The van der Waals surface area contributed by atoms with Gasteiger partial charge in [0.25, 0.3) is 5.91 Å². The quantitative estimate of drug-likeness (QED) is 0.803. The topological polar surface area (TPSA) is 125 Å². The van der Waals surface area contributed by atoms with Gasteiger partial charge in [-0.2, -0.15) is 4.98 Å². The number of rotatable bonds is 6. The lowest BCUT2D eigenvalue weighted by molar-refractivity contribution is 0.0927. The van der Waals surface area contributed by atoms with Crippen LogP contribution < -0.4 is 11.1 Å². The second-order valence-electron chi connectivity index (χ2n) is 7.49. The van der Waals surface area contributed by atoms with Gasteiger partial charge in [-0.15, -0.1) is 5.10 Å². The van der Waals surface area contributed by atoms with Crippen molar-refractivity contribution < 1.29 is 9.32 Å². The molecule has 1 saturated carbocycles. The van der Waals surface area contributed by atoms with Crippen molar-refractivity contribution in [3.63, 3.8) is 0 Å². The Morgan fingerprint density at radius 2 is 2.08 bits per heavy atom. The second kappa shape index (κ2) is 7.94. The molecule has 9 nitrogen and oxygen atoms in total. The van der Waals surface area contributed by atoms with Crippen LogP contribution in [0.3, 0.4) is 0 Å². The second-order valence-corrected chi connectivity index (χ2v) is 7.49. The van der Waals surface area contributed by atoms with E-state index in [1.165, 1.54) is 0 Å². The summed E-state index contributed by atoms with van der Waals surface area (Å²) < 4.78 is 7.02. The Bertz CT molecular complexity index is 731. The van der Waals surface area contributed by atoms with E-state index in [0.717, 1.165) is 32.1 Å². The molecule has 3 N–H and O–H groups in total. The minimum absolute atomic E-state index is 0.260. The fourth-order valence-electron chi connectivity index (χ4n) is 3.15. The van der Waals surface area contributed by atoms with Crippen molar-refractivity contribution in [3.8, 4) is 0 Å². The van der Waals surface area contributed by atoms with E-state index in [0.29, 0.717) is 17.6 Å². The third-order valence-corrected chi connectivity index (χ3v) is 4.65. The summed E-state index contributed by atoms with van der Waals surface area (Å²) in [6.45, 7) is 5.98. The van der Waals surface area contributed by atoms with Crippen molar-refractivity contribution in [1.29, 1.82) is 0 Å². The van der Waals surface area contributed by atoms with Crippen LogP contribution in [0.1, 0.15) is 80.7 Å². The molecule has 2 aromatic heterocycles. The van der Waals surface area contributed by atoms with Crippen molar-refractivity contribution in [1.82, 2.24) is 30.5 Å². The van der Waals surface area contributed by atoms with E-state index in [-0.39, 0.29) is 23.7 Å². The van der Waals surface area contributed by atoms with Crippen molar-refractivity contribution in [2.75, 3.05) is 0 Å². The molecule has 1 aliphatic rings. The first-order valence-corrected chi connectivity index (χ1v) is 9.23. The third kappa shape index (κ3) is 4.46. The van der Waals surface area contributed by atoms with E-state index in [1.807, 2.05) is 0 Å². The number of hydrogen-bond acceptors (Lipinski definition) is 7. The number of nitrogens with two attached hydrogens (primary N) is 1. The zero-order valence-electron chi connectivity index (χ0n) is 15.6. The fraction of sp³-hybridized carbons (Fsp3) is 0.706. The van der Waals surface area contributed by atoms with Gasteiger partial charge in [0.1, 0.15) is 6.04 Å². The lowest BCUT2D eigenvalue weighted by Crippen LogP contribution is -2.28. The van der Waals surface area contributed by atoms with Crippen LogP contribution in [0, 0.1) is 5.92 Å². The van der Waals surface area contributed by atoms with Crippen LogP contribution in [0.25, 0.3) is 0 Å². The van der Waals surface area contributed by atoms with Crippen LogP contribution >= 0.6 is 0 Å². The molecule has 0 aliphatic heterocycles. The molecule has 1 aliphatic carbocycles. The van der Waals surface area contributed by atoms with Crippen LogP contribution in [-0.2, 0) is 6.42 Å². The Morgan fingerprint density at radius 1 is 1.35 bits per heavy atom. The zero-order valence-corrected chi connectivity index (χ0v) is 15.6. The van der Waals surface area contributed by atoms with E-state index in [4.69, 9.17) is 10.3 Å². The standard InChI is InChI=1S/C17H27N7O2/c1-10(2)8-15-20-17(26-22-15)11(3)19-16(25)14-9-24(23-21-14)13-6-4-12(18)5-7-13/h9-13H,4-8,18H2,1-3H3,(H,19,25). The monoisotopic (exact) mass is 361 g/mol. The molecule has 1 atom stereocenters. The highest BCUT2D eigenvalue weighted by Crippen LogP contribution is 2.26. The molecule has 3 rings (SSSR count). The van der Waals surface area contributed by atoms with Gasteiger partial charge < -0.3 is 15.6 Å². The fourth-order valence-corrected chi connectivity index (χ4v) is 3.15. The molecular formula is C17H27N7O2. The van der Waals surface area contributed by atoms with Crippen LogP contribution in [0.4, 0.5) is 0 Å². The van der Waals surface area contributed by atoms with Crippen LogP contribution in [0.2, 0.25) is 0 Å². The summed E-state index contributed by atoms with van der Waals surface area (Å²) in [5.41, 5.74) is 6.22. The highest BCUT2D eigenvalue weighted by Gasteiger charge is 2.23. The van der Waals surface area contributed by atoms with Gasteiger partial charge in [0.15, 0.2) is 11.5 Å². The molecule has 2 heterocycles. The summed E-state index contributed by atoms with van der Waals surface area (Å²) in [5.74, 6) is 1.18. The molecule has 26 heavy (non-hydrogen) atoms. The molecule has 0 aromatic carbocycles. The number of aromatic nitrogens is 5. The summed E-state index contributed by atoms with van der Waals surface area (Å²) in [6, 6.07) is 0.137. The third-order valence-electron chi connectivity index (χ3n) is 4.65. The molecule has 0 radical (unpaired) electrons. The predicted molar refractivity (Wildman–Crippen MR) is 94.2 cm³/mol. The molecule has 0 saturated heterocycles. The molecule has 1 fully saturated rings. The number of hydrogen-bond donors (Lipinski definition) is 2. The van der Waals surface area contributed by atoms with E-state index in [9.17, 15) is 4.79 Å². The molecule has 1 unspecified atom stereocenters. The lowest BCUT2D eigenvalue weighted by Gasteiger charge is -2.25. The van der Waals surface area contributed by atoms with Crippen molar-refractivity contribution in [2.24, 2.45) is 11.7 Å². The van der Waals surface area contributed by atoms with Crippen LogP contribution in [0.5, 0.6) is 0 Å². The molecule has 0 bridgehead atoms. The summed E-state index contributed by atoms with van der Waals surface area (Å²) in [7, 11) is 0. The van der Waals surface area contributed by atoms with E-state index >= 15 is 0 Å². The minimum Gasteiger partial charge on any atom is -0.339 e. The number of nitrogens with one attached hydrogen (secondary N) is 1. The number of amides is 1. The van der Waals surface area contributed by atoms with Crippen molar-refractivity contribution >= 4 is 5.91 Å². The molecule has 142 valence electrons. The molecule has 9 heteroatoms. The van der Waals surface area contributed by atoms with Crippen molar-refractivity contribution in [2.45, 2.75) is 71.0 Å². The maximum Gasteiger partial charge on any atom is 0.274 e. The van der Waals surface area contributed by atoms with Crippen LogP contribution in [-0.4, -0.2) is 37.1 Å². The average molecular weight is 361 g/mol. The first kappa shape index (κ1) is 18.5. The van der Waals surface area contributed by atoms with Crippen molar-refractivity contribution in [3.05, 3.63) is 23.6 Å². The predicted octanol–water partition coefficient (Wildman–Crippen LogP) is 1.79. The Kier molecular flexibility index (Phi) is 5.65. The molecular weight excluding hydrogens is 334 g/mol. The largest absolute Gasteiger partial charge is 0.339 e. The SMILES string of the molecule is CC(C)Cc1noc(C(C)NC(=O)c2cn(C3CCC(N)CC3)nn2)n1. The summed E-state index contributed by atoms with van der Waals surface area (Å²) in [6.07, 6.45) is 6.30. The molecule has 1 amide bonds. The Morgan fingerprint density at radius 3 is 2.77 bits per heavy atom. The van der Waals surface area contributed by atoms with Gasteiger partial charge in [-0.1, -0.05) is 24.2 Å². The van der Waals surface area contributed by atoms with Gasteiger partial charge in [0, 0.05) is 12.5 Å². The van der Waals surface area contributed by atoms with E-state index in [1.54, 1.807) is 17.8 Å². The molecule has 2 aromatic rings. The highest BCUT2D eigenvalue weighted by molar-refractivity contribution is 5.92. The average Bonchev–Trinajstić information content (AvgIpc) is 3.24. The first-order chi connectivity index (χ1) is 12.4. The van der Waals surface area contributed by atoms with Gasteiger partial charge in [-0.3, -0.25) is 4.79 Å². The van der Waals surface area contributed by atoms with Gasteiger partial charge in [0.2, 0.25) is 5.89 Å². The minimum atomic E-state index is -0.395. The zero-order chi connectivity index (χ0) is 18.7. The van der Waals surface area contributed by atoms with Gasteiger partial charge in [0.05, 0.1) is 12.2 Å². The number of carbonyl (C=O) groups is 1. The van der Waals surface area contributed by atoms with E-state index < -0.39 is 6.04 Å². The van der Waals surface area contributed by atoms with Gasteiger partial charge in [-0.25, -0.2) is 4.68 Å². The first-order valence-electron chi connectivity index (χ1n) is 9.23. The van der Waals surface area contributed by atoms with Crippen LogP contribution in [0.15, 0.2) is 10.7 Å². The Labute approximate surface area is 152 Å². The summed E-state index contributed by atoms with van der Waals surface area (Å²) >= 11 is 0. The maximum atomic E-state index is 12.4. The maximum absolute atomic E-state index is 12.4. The Hall–Kier alpha value is -2.29. The summed E-state index contributed by atoms with van der Waals surface area (Å²) in [4.78, 5) is 16.8. The highest BCUT2D eigenvalue weighted by atomic mass is 16.5. The van der Waals surface area contributed by atoms with E-state index in [2.05, 4.69) is 39.6 Å². The smallest absolute Gasteiger partial charge is 0.274 e. The normalized spacial score (nSPS) is 21.7. The van der Waals surface area contributed by atoms with Gasteiger partial charge >= 0.3 is 0 Å². The number of carbonyl (C=O) groups excluding carboxylic acids is 1.